The molecule has 3 rings (SSSR count). The number of rotatable bonds is 1. The van der Waals surface area contributed by atoms with Gasteiger partial charge in [0.2, 0.25) is 0 Å². The van der Waals surface area contributed by atoms with Crippen LogP contribution < -0.4 is 0 Å². The van der Waals surface area contributed by atoms with E-state index in [1.165, 1.54) is 36.2 Å². The Morgan fingerprint density at radius 3 is 2.62 bits per heavy atom. The fraction of sp³-hybridized carbons (Fsp3) is 0.308. The summed E-state index contributed by atoms with van der Waals surface area (Å²) in [4.78, 5) is 0. The summed E-state index contributed by atoms with van der Waals surface area (Å²) in [5.41, 5.74) is 4.57. The molecule has 2 aromatic rings. The number of fused-ring (bicyclic) bond motifs is 1. The molecule has 2 nitrogen and oxygen atoms in total. The van der Waals surface area contributed by atoms with Crippen LogP contribution in [0.25, 0.3) is 11.3 Å². The Balaban J connectivity index is 2.06. The maximum absolute atomic E-state index is 12.8. The molecule has 1 aromatic heterocycles. The summed E-state index contributed by atoms with van der Waals surface area (Å²) >= 11 is 0. The molecular weight excluding hydrogens is 203 g/mol. The first kappa shape index (κ1) is 9.58. The summed E-state index contributed by atoms with van der Waals surface area (Å²) < 4.78 is 12.8. The van der Waals surface area contributed by atoms with Crippen molar-refractivity contribution in [1.82, 2.24) is 10.2 Å². The number of H-pyrrole nitrogens is 1. The summed E-state index contributed by atoms with van der Waals surface area (Å²) in [6, 6.07) is 6.55. The van der Waals surface area contributed by atoms with Gasteiger partial charge in [0.15, 0.2) is 0 Å². The van der Waals surface area contributed by atoms with Crippen LogP contribution in [-0.4, -0.2) is 10.2 Å². The number of nitrogens with zero attached hydrogens (tertiary/aromatic N) is 1. The summed E-state index contributed by atoms with van der Waals surface area (Å²) in [5.74, 6) is -0.201. The van der Waals surface area contributed by atoms with Crippen LogP contribution in [0.5, 0.6) is 0 Å². The van der Waals surface area contributed by atoms with Gasteiger partial charge in [-0.1, -0.05) is 0 Å². The molecule has 82 valence electrons. The van der Waals surface area contributed by atoms with Crippen molar-refractivity contribution >= 4 is 0 Å². The van der Waals surface area contributed by atoms with Gasteiger partial charge in [-0.15, -0.1) is 0 Å². The molecule has 1 N–H and O–H groups in total. The van der Waals surface area contributed by atoms with Crippen LogP contribution in [0.3, 0.4) is 0 Å². The van der Waals surface area contributed by atoms with Crippen molar-refractivity contribution in [3.63, 3.8) is 0 Å². The highest BCUT2D eigenvalue weighted by Crippen LogP contribution is 2.29. The lowest BCUT2D eigenvalue weighted by Gasteiger charge is -2.11. The van der Waals surface area contributed by atoms with Gasteiger partial charge in [0.1, 0.15) is 5.82 Å². The molecule has 0 aliphatic heterocycles. The maximum Gasteiger partial charge on any atom is 0.123 e. The first-order valence-corrected chi connectivity index (χ1v) is 5.66. The third-order valence-corrected chi connectivity index (χ3v) is 3.17. The van der Waals surface area contributed by atoms with Crippen molar-refractivity contribution in [2.45, 2.75) is 25.7 Å². The number of hydrogen-bond donors (Lipinski definition) is 1. The predicted octanol–water partition coefficient (Wildman–Crippen LogP) is 3.09. The zero-order valence-corrected chi connectivity index (χ0v) is 8.96. The van der Waals surface area contributed by atoms with E-state index in [2.05, 4.69) is 10.2 Å². The number of benzene rings is 1. The number of aromatic amines is 1. The molecule has 0 unspecified atom stereocenters. The Hall–Kier alpha value is -1.64. The lowest BCUT2D eigenvalue weighted by molar-refractivity contribution is 0.628. The number of nitrogens with one attached hydrogen (secondary N) is 1. The largest absolute Gasteiger partial charge is 0.282 e. The number of aryl methyl sites for hydroxylation is 1. The predicted molar refractivity (Wildman–Crippen MR) is 60.6 cm³/mol. The van der Waals surface area contributed by atoms with Crippen LogP contribution in [0, 0.1) is 5.82 Å². The van der Waals surface area contributed by atoms with Crippen LogP contribution in [0.1, 0.15) is 24.1 Å². The summed E-state index contributed by atoms with van der Waals surface area (Å²) in [6.07, 6.45) is 4.63. The Kier molecular flexibility index (Phi) is 2.24. The normalized spacial score (nSPS) is 14.8. The smallest absolute Gasteiger partial charge is 0.123 e. The van der Waals surface area contributed by atoms with Crippen molar-refractivity contribution < 1.29 is 4.39 Å². The zero-order chi connectivity index (χ0) is 11.0. The summed E-state index contributed by atoms with van der Waals surface area (Å²) in [5, 5.41) is 7.45. The molecule has 0 atom stereocenters. The fourth-order valence-electron chi connectivity index (χ4n) is 2.33. The minimum atomic E-state index is -0.201. The standard InChI is InChI=1S/C13H13FN2/c14-10-7-5-9(6-8-10)13-11-3-1-2-4-12(11)15-16-13/h5-8H,1-4H2,(H,15,16). The van der Waals surface area contributed by atoms with Crippen molar-refractivity contribution in [3.05, 3.63) is 41.3 Å². The van der Waals surface area contributed by atoms with Gasteiger partial charge < -0.3 is 0 Å². The molecule has 0 radical (unpaired) electrons. The van der Waals surface area contributed by atoms with Gasteiger partial charge in [-0.05, 0) is 49.9 Å². The van der Waals surface area contributed by atoms with Crippen LogP contribution in [-0.2, 0) is 12.8 Å². The SMILES string of the molecule is Fc1ccc(-c2n[nH]c3c2CCCC3)cc1. The van der Waals surface area contributed by atoms with Crippen LogP contribution in [0.4, 0.5) is 4.39 Å². The maximum atomic E-state index is 12.8. The average Bonchev–Trinajstić information content (AvgIpc) is 2.74. The second kappa shape index (κ2) is 3.74. The molecule has 3 heteroatoms. The second-order valence-electron chi connectivity index (χ2n) is 4.24. The van der Waals surface area contributed by atoms with E-state index in [9.17, 15) is 4.39 Å². The van der Waals surface area contributed by atoms with Gasteiger partial charge >= 0.3 is 0 Å². The van der Waals surface area contributed by atoms with Gasteiger partial charge in [0.05, 0.1) is 5.69 Å². The van der Waals surface area contributed by atoms with E-state index in [4.69, 9.17) is 0 Å². The van der Waals surface area contributed by atoms with Crippen LogP contribution in [0.15, 0.2) is 24.3 Å². The molecule has 0 saturated carbocycles. The van der Waals surface area contributed by atoms with E-state index in [0.29, 0.717) is 0 Å². The third-order valence-electron chi connectivity index (χ3n) is 3.17. The molecule has 0 saturated heterocycles. The van der Waals surface area contributed by atoms with E-state index in [1.54, 1.807) is 12.1 Å². The first-order chi connectivity index (χ1) is 7.84. The van der Waals surface area contributed by atoms with Crippen molar-refractivity contribution in [2.75, 3.05) is 0 Å². The minimum Gasteiger partial charge on any atom is -0.282 e. The van der Waals surface area contributed by atoms with Crippen molar-refractivity contribution in [1.29, 1.82) is 0 Å². The zero-order valence-electron chi connectivity index (χ0n) is 8.96. The van der Waals surface area contributed by atoms with Crippen LogP contribution in [0.2, 0.25) is 0 Å². The van der Waals surface area contributed by atoms with Gasteiger partial charge in [-0.2, -0.15) is 5.10 Å². The lowest BCUT2D eigenvalue weighted by atomic mass is 9.94. The molecule has 0 fully saturated rings. The molecular formula is C13H13FN2. The molecule has 0 amide bonds. The number of halogens is 1. The molecule has 1 heterocycles. The van der Waals surface area contributed by atoms with E-state index in [-0.39, 0.29) is 5.82 Å². The molecule has 1 aromatic carbocycles. The Bertz CT molecular complexity index is 499. The van der Waals surface area contributed by atoms with Gasteiger partial charge in [0.25, 0.3) is 0 Å². The topological polar surface area (TPSA) is 28.7 Å². The average molecular weight is 216 g/mol. The molecule has 16 heavy (non-hydrogen) atoms. The van der Waals surface area contributed by atoms with Crippen LogP contribution >= 0.6 is 0 Å². The van der Waals surface area contributed by atoms with E-state index >= 15 is 0 Å². The second-order valence-corrected chi connectivity index (χ2v) is 4.24. The minimum absolute atomic E-state index is 0.201. The first-order valence-electron chi connectivity index (χ1n) is 5.66. The Morgan fingerprint density at radius 1 is 1.06 bits per heavy atom. The summed E-state index contributed by atoms with van der Waals surface area (Å²) in [7, 11) is 0. The third kappa shape index (κ3) is 1.52. The highest BCUT2D eigenvalue weighted by Gasteiger charge is 2.17. The molecule has 1 aliphatic carbocycles. The quantitative estimate of drug-likeness (QED) is 0.779. The molecule has 1 aliphatic rings. The van der Waals surface area contributed by atoms with E-state index in [0.717, 1.165) is 24.1 Å². The summed E-state index contributed by atoms with van der Waals surface area (Å²) in [6.45, 7) is 0. The van der Waals surface area contributed by atoms with E-state index < -0.39 is 0 Å². The van der Waals surface area contributed by atoms with E-state index in [1.807, 2.05) is 0 Å². The van der Waals surface area contributed by atoms with Crippen molar-refractivity contribution in [2.24, 2.45) is 0 Å². The van der Waals surface area contributed by atoms with Gasteiger partial charge in [-0.3, -0.25) is 5.10 Å². The van der Waals surface area contributed by atoms with Gasteiger partial charge in [-0.25, -0.2) is 4.39 Å². The monoisotopic (exact) mass is 216 g/mol. The molecule has 0 bridgehead atoms. The highest BCUT2D eigenvalue weighted by atomic mass is 19.1. The molecule has 0 spiro atoms. The highest BCUT2D eigenvalue weighted by molar-refractivity contribution is 5.64. The Labute approximate surface area is 93.5 Å². The fourth-order valence-corrected chi connectivity index (χ4v) is 2.33. The number of aromatic nitrogens is 2. The van der Waals surface area contributed by atoms with Gasteiger partial charge in [0, 0.05) is 16.8 Å². The Morgan fingerprint density at radius 2 is 1.81 bits per heavy atom. The lowest BCUT2D eigenvalue weighted by Crippen LogP contribution is -2.01. The van der Waals surface area contributed by atoms with Crippen molar-refractivity contribution in [3.8, 4) is 11.3 Å². The number of hydrogen-bond acceptors (Lipinski definition) is 1.